The number of halogens is 1. The van der Waals surface area contributed by atoms with E-state index in [0.717, 1.165) is 36.0 Å². The number of nitrogens with two attached hydrogens (primary N) is 1. The van der Waals surface area contributed by atoms with E-state index in [1.807, 2.05) is 12.3 Å². The first-order chi connectivity index (χ1) is 11.1. The number of hydrogen-bond acceptors (Lipinski definition) is 5. The monoisotopic (exact) mass is 342 g/mol. The van der Waals surface area contributed by atoms with Gasteiger partial charge in [-0.25, -0.2) is 0 Å². The number of hydrogen-bond donors (Lipinski definition) is 1. The Morgan fingerprint density at radius 3 is 2.42 bits per heavy atom. The van der Waals surface area contributed by atoms with E-state index in [1.165, 1.54) is 5.56 Å². The van der Waals surface area contributed by atoms with Gasteiger partial charge in [0.25, 0.3) is 5.89 Å². The Labute approximate surface area is 146 Å². The molecule has 2 N–H and O–H groups in total. The molecule has 1 saturated carbocycles. The van der Waals surface area contributed by atoms with Crippen LogP contribution in [0.5, 0.6) is 0 Å². The topological polar surface area (TPSA) is 77.8 Å². The first-order valence-electron chi connectivity index (χ1n) is 7.80. The van der Waals surface area contributed by atoms with Crippen molar-refractivity contribution in [1.82, 2.24) is 15.1 Å². The second-order valence-corrected chi connectivity index (χ2v) is 6.26. The Morgan fingerprint density at radius 2 is 1.75 bits per heavy atom. The lowest BCUT2D eigenvalue weighted by atomic mass is 9.77. The van der Waals surface area contributed by atoms with Crippen LogP contribution in [0.4, 0.5) is 0 Å². The molecule has 5 nitrogen and oxygen atoms in total. The highest BCUT2D eigenvalue weighted by molar-refractivity contribution is 5.85. The fourth-order valence-corrected chi connectivity index (χ4v) is 2.79. The summed E-state index contributed by atoms with van der Waals surface area (Å²) in [4.78, 5) is 8.79. The lowest BCUT2D eigenvalue weighted by Gasteiger charge is -2.34. The molecule has 0 spiro atoms. The molecule has 0 amide bonds. The summed E-state index contributed by atoms with van der Waals surface area (Å²) in [6.07, 6.45) is 6.51. The van der Waals surface area contributed by atoms with Gasteiger partial charge in [0.15, 0.2) is 5.82 Å². The minimum atomic E-state index is -0.413. The van der Waals surface area contributed by atoms with Gasteiger partial charge in [0.05, 0.1) is 11.1 Å². The van der Waals surface area contributed by atoms with Crippen molar-refractivity contribution in [2.45, 2.75) is 31.7 Å². The maximum absolute atomic E-state index is 6.25. The fraction of sp³-hybridized carbons (Fsp3) is 0.278. The summed E-state index contributed by atoms with van der Waals surface area (Å²) in [5.74, 6) is 1.07. The summed E-state index contributed by atoms with van der Waals surface area (Å²) in [5, 5.41) is 4.06. The van der Waals surface area contributed by atoms with Crippen LogP contribution in [0.2, 0.25) is 0 Å². The van der Waals surface area contributed by atoms with Gasteiger partial charge in [0.1, 0.15) is 0 Å². The van der Waals surface area contributed by atoms with Gasteiger partial charge < -0.3 is 10.3 Å². The van der Waals surface area contributed by atoms with Crippen LogP contribution in [0.3, 0.4) is 0 Å². The van der Waals surface area contributed by atoms with Gasteiger partial charge >= 0.3 is 0 Å². The Bertz CT molecular complexity index is 840. The Balaban J connectivity index is 0.00000169. The van der Waals surface area contributed by atoms with Gasteiger partial charge in [-0.15, -0.1) is 12.4 Å². The van der Waals surface area contributed by atoms with Crippen molar-refractivity contribution >= 4 is 12.4 Å². The zero-order valence-corrected chi connectivity index (χ0v) is 14.2. The van der Waals surface area contributed by atoms with E-state index in [9.17, 15) is 0 Å². The van der Waals surface area contributed by atoms with Crippen molar-refractivity contribution < 1.29 is 4.52 Å². The molecule has 2 aromatic heterocycles. The number of pyridine rings is 1. The lowest BCUT2D eigenvalue weighted by molar-refractivity contribution is 0.229. The van der Waals surface area contributed by atoms with Crippen molar-refractivity contribution in [1.29, 1.82) is 0 Å². The molecular weight excluding hydrogens is 324 g/mol. The highest BCUT2D eigenvalue weighted by atomic mass is 35.5. The third-order valence-electron chi connectivity index (χ3n) is 4.49. The van der Waals surface area contributed by atoms with Crippen molar-refractivity contribution in [2.75, 3.05) is 0 Å². The largest absolute Gasteiger partial charge is 0.334 e. The maximum Gasteiger partial charge on any atom is 0.259 e. The molecule has 0 bridgehead atoms. The van der Waals surface area contributed by atoms with Crippen LogP contribution >= 0.6 is 12.4 Å². The van der Waals surface area contributed by atoms with E-state index in [-0.39, 0.29) is 12.4 Å². The van der Waals surface area contributed by atoms with Gasteiger partial charge in [-0.2, -0.15) is 4.98 Å². The highest BCUT2D eigenvalue weighted by Crippen LogP contribution is 2.37. The number of nitrogens with zero attached hydrogens (tertiary/aromatic N) is 3. The molecular formula is C18H19ClN4O. The Morgan fingerprint density at radius 1 is 1.04 bits per heavy atom. The van der Waals surface area contributed by atoms with E-state index in [2.05, 4.69) is 46.3 Å². The molecule has 4 rings (SSSR count). The van der Waals surface area contributed by atoms with Crippen molar-refractivity contribution in [2.24, 2.45) is 5.73 Å². The zero-order valence-electron chi connectivity index (χ0n) is 13.4. The van der Waals surface area contributed by atoms with E-state index in [1.54, 1.807) is 6.20 Å². The fourth-order valence-electron chi connectivity index (χ4n) is 2.79. The third kappa shape index (κ3) is 2.92. The first kappa shape index (κ1) is 16.6. The third-order valence-corrected chi connectivity index (χ3v) is 4.49. The minimum Gasteiger partial charge on any atom is -0.334 e. The second kappa shape index (κ2) is 6.34. The SMILES string of the molecule is Cc1ccc(-c2cncc(-c3nc(C4(N)CCC4)no3)c2)cc1.Cl. The summed E-state index contributed by atoms with van der Waals surface area (Å²) < 4.78 is 5.40. The van der Waals surface area contributed by atoms with Gasteiger partial charge in [-0.3, -0.25) is 4.98 Å². The van der Waals surface area contributed by atoms with Crippen LogP contribution in [0.1, 0.15) is 30.7 Å². The van der Waals surface area contributed by atoms with Gasteiger partial charge in [-0.05, 0) is 37.8 Å². The normalized spacial score (nSPS) is 15.4. The molecule has 0 radical (unpaired) electrons. The van der Waals surface area contributed by atoms with Gasteiger partial charge in [-0.1, -0.05) is 35.0 Å². The van der Waals surface area contributed by atoms with Crippen molar-refractivity contribution in [3.63, 3.8) is 0 Å². The molecule has 0 atom stereocenters. The number of aromatic nitrogens is 3. The van der Waals surface area contributed by atoms with E-state index < -0.39 is 5.54 Å². The molecule has 2 heterocycles. The number of benzene rings is 1. The maximum atomic E-state index is 6.25. The zero-order chi connectivity index (χ0) is 15.9. The van der Waals surface area contributed by atoms with Crippen LogP contribution in [-0.4, -0.2) is 15.1 Å². The summed E-state index contributed by atoms with van der Waals surface area (Å²) in [6.45, 7) is 2.07. The predicted molar refractivity (Wildman–Crippen MR) is 94.7 cm³/mol. The molecule has 0 aliphatic heterocycles. The van der Waals surface area contributed by atoms with Crippen LogP contribution < -0.4 is 5.73 Å². The van der Waals surface area contributed by atoms with Gasteiger partial charge in [0, 0.05) is 18.0 Å². The average molecular weight is 343 g/mol. The molecule has 1 aliphatic carbocycles. The summed E-state index contributed by atoms with van der Waals surface area (Å²) in [5.41, 5.74) is 10.0. The molecule has 124 valence electrons. The predicted octanol–water partition coefficient (Wildman–Crippen LogP) is 3.87. The number of aryl methyl sites for hydroxylation is 1. The van der Waals surface area contributed by atoms with Crippen LogP contribution in [0.25, 0.3) is 22.6 Å². The molecule has 1 aromatic carbocycles. The summed E-state index contributed by atoms with van der Waals surface area (Å²) in [7, 11) is 0. The standard InChI is InChI=1S/C18H18N4O.ClH/c1-12-3-5-13(6-4-12)14-9-15(11-20-10-14)16-21-17(22-23-16)18(19)7-2-8-18;/h3-6,9-11H,2,7-8,19H2,1H3;1H. The van der Waals surface area contributed by atoms with Crippen LogP contribution in [0.15, 0.2) is 47.2 Å². The molecule has 1 fully saturated rings. The van der Waals surface area contributed by atoms with Crippen molar-refractivity contribution in [3.8, 4) is 22.6 Å². The minimum absolute atomic E-state index is 0. The van der Waals surface area contributed by atoms with Crippen molar-refractivity contribution in [3.05, 3.63) is 54.1 Å². The molecule has 0 saturated heterocycles. The molecule has 0 unspecified atom stereocenters. The Hall–Kier alpha value is -2.24. The van der Waals surface area contributed by atoms with E-state index in [0.29, 0.717) is 11.7 Å². The molecule has 1 aliphatic rings. The molecule has 3 aromatic rings. The van der Waals surface area contributed by atoms with Gasteiger partial charge in [0.2, 0.25) is 0 Å². The highest BCUT2D eigenvalue weighted by Gasteiger charge is 2.39. The molecule has 24 heavy (non-hydrogen) atoms. The molecule has 6 heteroatoms. The average Bonchev–Trinajstić information content (AvgIpc) is 3.04. The second-order valence-electron chi connectivity index (χ2n) is 6.26. The summed E-state index contributed by atoms with van der Waals surface area (Å²) >= 11 is 0. The van der Waals surface area contributed by atoms with Crippen LogP contribution in [-0.2, 0) is 5.54 Å². The Kier molecular flexibility index (Phi) is 4.39. The lowest BCUT2D eigenvalue weighted by Crippen LogP contribution is -2.44. The smallest absolute Gasteiger partial charge is 0.259 e. The quantitative estimate of drug-likeness (QED) is 0.781. The van der Waals surface area contributed by atoms with E-state index in [4.69, 9.17) is 10.3 Å². The summed E-state index contributed by atoms with van der Waals surface area (Å²) in [6, 6.07) is 10.3. The number of rotatable bonds is 3. The first-order valence-corrected chi connectivity index (χ1v) is 7.80. The van der Waals surface area contributed by atoms with E-state index >= 15 is 0 Å². The van der Waals surface area contributed by atoms with Crippen LogP contribution in [0, 0.1) is 6.92 Å².